The molecule has 0 saturated carbocycles. The molecular formula is C13H16N2O3. The van der Waals surface area contributed by atoms with Crippen LogP contribution in [0.25, 0.3) is 11.1 Å². The Morgan fingerprint density at radius 1 is 1.33 bits per heavy atom. The number of hydrogen-bond donors (Lipinski definition) is 1. The van der Waals surface area contributed by atoms with Gasteiger partial charge in [0.25, 0.3) is 5.71 Å². The minimum atomic E-state index is -0.958. The molecule has 18 heavy (non-hydrogen) atoms. The van der Waals surface area contributed by atoms with Crippen molar-refractivity contribution in [3.8, 4) is 0 Å². The smallest absolute Gasteiger partial charge is 0.336 e. The molecule has 2 heterocycles. The van der Waals surface area contributed by atoms with Gasteiger partial charge in [-0.3, -0.25) is 0 Å². The molecule has 0 aliphatic carbocycles. The fourth-order valence-electron chi connectivity index (χ4n) is 2.02. The first-order valence-electron chi connectivity index (χ1n) is 6.18. The molecule has 0 fully saturated rings. The standard InChI is InChI=1S/C13H16N2O3/c1-3-5-8-7-9(13(16)17)11-10(6-4-2)15-18-12(11)14-8/h7H,3-6H2,1-2H3,(H,16,17). The molecule has 0 aliphatic rings. The van der Waals surface area contributed by atoms with E-state index < -0.39 is 5.97 Å². The molecule has 0 radical (unpaired) electrons. The molecule has 0 saturated heterocycles. The summed E-state index contributed by atoms with van der Waals surface area (Å²) in [6.45, 7) is 4.04. The zero-order valence-electron chi connectivity index (χ0n) is 10.6. The number of carboxylic acid groups (broad SMARTS) is 1. The van der Waals surface area contributed by atoms with E-state index in [1.165, 1.54) is 0 Å². The first kappa shape index (κ1) is 12.5. The third kappa shape index (κ3) is 2.20. The maximum atomic E-state index is 11.3. The van der Waals surface area contributed by atoms with Crippen molar-refractivity contribution in [1.82, 2.24) is 10.1 Å². The normalized spacial score (nSPS) is 11.0. The van der Waals surface area contributed by atoms with Crippen molar-refractivity contribution in [1.29, 1.82) is 0 Å². The zero-order valence-corrected chi connectivity index (χ0v) is 10.6. The van der Waals surface area contributed by atoms with Gasteiger partial charge in [0, 0.05) is 5.69 Å². The molecule has 2 aromatic heterocycles. The van der Waals surface area contributed by atoms with E-state index in [0.717, 1.165) is 25.0 Å². The predicted molar refractivity (Wildman–Crippen MR) is 66.8 cm³/mol. The van der Waals surface area contributed by atoms with Gasteiger partial charge in [-0.1, -0.05) is 31.8 Å². The molecule has 2 aromatic rings. The van der Waals surface area contributed by atoms with Crippen LogP contribution in [0, 0.1) is 0 Å². The van der Waals surface area contributed by atoms with Crippen LogP contribution in [0.2, 0.25) is 0 Å². The van der Waals surface area contributed by atoms with E-state index >= 15 is 0 Å². The summed E-state index contributed by atoms with van der Waals surface area (Å²) in [7, 11) is 0. The summed E-state index contributed by atoms with van der Waals surface area (Å²) in [6, 6.07) is 1.63. The third-order valence-electron chi connectivity index (χ3n) is 2.79. The van der Waals surface area contributed by atoms with E-state index in [4.69, 9.17) is 4.52 Å². The van der Waals surface area contributed by atoms with Crippen LogP contribution < -0.4 is 0 Å². The van der Waals surface area contributed by atoms with Crippen molar-refractivity contribution >= 4 is 17.1 Å². The molecule has 0 aromatic carbocycles. The first-order chi connectivity index (χ1) is 8.67. The molecule has 5 heteroatoms. The highest BCUT2D eigenvalue weighted by molar-refractivity contribution is 6.02. The Bertz CT molecular complexity index is 575. The van der Waals surface area contributed by atoms with Gasteiger partial charge in [-0.25, -0.2) is 9.78 Å². The first-order valence-corrected chi connectivity index (χ1v) is 6.18. The number of rotatable bonds is 5. The number of nitrogens with zero attached hydrogens (tertiary/aromatic N) is 2. The van der Waals surface area contributed by atoms with Gasteiger partial charge in [-0.2, -0.15) is 0 Å². The second-order valence-corrected chi connectivity index (χ2v) is 4.28. The number of pyridine rings is 1. The summed E-state index contributed by atoms with van der Waals surface area (Å²) in [4.78, 5) is 15.6. The fourth-order valence-corrected chi connectivity index (χ4v) is 2.02. The number of fused-ring (bicyclic) bond motifs is 1. The Labute approximate surface area is 105 Å². The molecule has 5 nitrogen and oxygen atoms in total. The second-order valence-electron chi connectivity index (χ2n) is 4.28. The number of aromatic carboxylic acids is 1. The molecule has 0 aliphatic heterocycles. The fraction of sp³-hybridized carbons (Fsp3) is 0.462. The molecular weight excluding hydrogens is 232 g/mol. The highest BCUT2D eigenvalue weighted by Crippen LogP contribution is 2.24. The van der Waals surface area contributed by atoms with Crippen LogP contribution in [0.4, 0.5) is 0 Å². The van der Waals surface area contributed by atoms with Crippen LogP contribution in [0.5, 0.6) is 0 Å². The lowest BCUT2D eigenvalue weighted by atomic mass is 10.1. The predicted octanol–water partition coefficient (Wildman–Crippen LogP) is 2.83. The average molecular weight is 248 g/mol. The molecule has 0 unspecified atom stereocenters. The average Bonchev–Trinajstić information content (AvgIpc) is 2.72. The van der Waals surface area contributed by atoms with Crippen LogP contribution in [0.1, 0.15) is 48.4 Å². The van der Waals surface area contributed by atoms with Crippen molar-refractivity contribution in [3.63, 3.8) is 0 Å². The highest BCUT2D eigenvalue weighted by atomic mass is 16.5. The molecule has 0 spiro atoms. The van der Waals surface area contributed by atoms with E-state index in [1.807, 2.05) is 13.8 Å². The van der Waals surface area contributed by atoms with Crippen LogP contribution in [-0.4, -0.2) is 21.2 Å². The van der Waals surface area contributed by atoms with E-state index in [1.54, 1.807) is 6.07 Å². The lowest BCUT2D eigenvalue weighted by Crippen LogP contribution is -2.02. The Morgan fingerprint density at radius 3 is 2.67 bits per heavy atom. The van der Waals surface area contributed by atoms with Gasteiger partial charge < -0.3 is 9.63 Å². The summed E-state index contributed by atoms with van der Waals surface area (Å²) in [5.74, 6) is -0.958. The Kier molecular flexibility index (Phi) is 3.60. The van der Waals surface area contributed by atoms with Crippen LogP contribution in [-0.2, 0) is 12.8 Å². The number of aryl methyl sites for hydroxylation is 2. The second kappa shape index (κ2) is 5.16. The zero-order chi connectivity index (χ0) is 13.1. The summed E-state index contributed by atoms with van der Waals surface area (Å²) < 4.78 is 5.15. The van der Waals surface area contributed by atoms with Crippen molar-refractivity contribution in [2.45, 2.75) is 39.5 Å². The number of aromatic nitrogens is 2. The van der Waals surface area contributed by atoms with E-state index in [2.05, 4.69) is 10.1 Å². The summed E-state index contributed by atoms with van der Waals surface area (Å²) in [5, 5.41) is 13.8. The monoisotopic (exact) mass is 248 g/mol. The van der Waals surface area contributed by atoms with Gasteiger partial charge in [0.05, 0.1) is 16.6 Å². The maximum absolute atomic E-state index is 11.3. The molecule has 1 N–H and O–H groups in total. The van der Waals surface area contributed by atoms with Gasteiger partial charge in [0.2, 0.25) is 0 Å². The number of carboxylic acids is 1. The molecule has 96 valence electrons. The SMILES string of the molecule is CCCc1cc(C(=O)O)c2c(CCC)noc2n1. The van der Waals surface area contributed by atoms with Gasteiger partial charge in [0.15, 0.2) is 0 Å². The quantitative estimate of drug-likeness (QED) is 0.880. The third-order valence-corrected chi connectivity index (χ3v) is 2.79. The number of hydrogen-bond acceptors (Lipinski definition) is 4. The topological polar surface area (TPSA) is 76.2 Å². The minimum absolute atomic E-state index is 0.244. The summed E-state index contributed by atoms with van der Waals surface area (Å²) >= 11 is 0. The van der Waals surface area contributed by atoms with Crippen molar-refractivity contribution < 1.29 is 14.4 Å². The highest BCUT2D eigenvalue weighted by Gasteiger charge is 2.19. The molecule has 0 atom stereocenters. The lowest BCUT2D eigenvalue weighted by Gasteiger charge is -2.02. The lowest BCUT2D eigenvalue weighted by molar-refractivity contribution is 0.0698. The van der Waals surface area contributed by atoms with Gasteiger partial charge in [-0.15, -0.1) is 0 Å². The Balaban J connectivity index is 2.63. The maximum Gasteiger partial charge on any atom is 0.336 e. The Morgan fingerprint density at radius 2 is 2.06 bits per heavy atom. The van der Waals surface area contributed by atoms with Crippen molar-refractivity contribution in [2.24, 2.45) is 0 Å². The molecule has 2 rings (SSSR count). The Hall–Kier alpha value is -1.91. The number of carbonyl (C=O) groups is 1. The van der Waals surface area contributed by atoms with Gasteiger partial charge >= 0.3 is 5.97 Å². The van der Waals surface area contributed by atoms with Crippen molar-refractivity contribution in [2.75, 3.05) is 0 Å². The summed E-state index contributed by atoms with van der Waals surface area (Å²) in [5.41, 5.74) is 2.00. The van der Waals surface area contributed by atoms with E-state index in [0.29, 0.717) is 23.2 Å². The minimum Gasteiger partial charge on any atom is -0.478 e. The van der Waals surface area contributed by atoms with Crippen molar-refractivity contribution in [3.05, 3.63) is 23.0 Å². The summed E-state index contributed by atoms with van der Waals surface area (Å²) in [6.07, 6.45) is 3.23. The largest absolute Gasteiger partial charge is 0.478 e. The van der Waals surface area contributed by atoms with Gasteiger partial charge in [0.1, 0.15) is 0 Å². The van der Waals surface area contributed by atoms with Crippen LogP contribution in [0.3, 0.4) is 0 Å². The van der Waals surface area contributed by atoms with Gasteiger partial charge in [-0.05, 0) is 18.9 Å². The molecule has 0 bridgehead atoms. The van der Waals surface area contributed by atoms with Crippen LogP contribution >= 0.6 is 0 Å². The van der Waals surface area contributed by atoms with Crippen LogP contribution in [0.15, 0.2) is 10.6 Å². The van der Waals surface area contributed by atoms with E-state index in [-0.39, 0.29) is 5.56 Å². The van der Waals surface area contributed by atoms with E-state index in [9.17, 15) is 9.90 Å². The molecule has 0 amide bonds.